The molecule has 1 aliphatic heterocycles. The first-order valence-electron chi connectivity index (χ1n) is 7.48. The summed E-state index contributed by atoms with van der Waals surface area (Å²) in [7, 11) is 0. The Morgan fingerprint density at radius 3 is 3.17 bits per heavy atom. The SMILES string of the molecule is Nc1nc2ccccc2c2sc(CO/N=C/C3CCOC3)nc12. The molecule has 1 aromatic carbocycles. The van der Waals surface area contributed by atoms with Crippen LogP contribution in [-0.2, 0) is 16.2 Å². The molecule has 0 bridgehead atoms. The predicted octanol–water partition coefficient (Wildman–Crippen LogP) is 2.97. The van der Waals surface area contributed by atoms with E-state index >= 15 is 0 Å². The molecule has 1 unspecified atom stereocenters. The number of hydrogen-bond acceptors (Lipinski definition) is 7. The van der Waals surface area contributed by atoms with Crippen molar-refractivity contribution in [1.29, 1.82) is 0 Å². The van der Waals surface area contributed by atoms with Gasteiger partial charge in [0.2, 0.25) is 0 Å². The number of hydrogen-bond donors (Lipinski definition) is 1. The predicted molar refractivity (Wildman–Crippen MR) is 91.5 cm³/mol. The van der Waals surface area contributed by atoms with Crippen LogP contribution in [0, 0.1) is 5.92 Å². The first kappa shape index (κ1) is 14.3. The second kappa shape index (κ2) is 6.10. The van der Waals surface area contributed by atoms with Crippen molar-refractivity contribution in [3.8, 4) is 0 Å². The zero-order chi connectivity index (χ0) is 15.6. The molecule has 1 saturated heterocycles. The van der Waals surface area contributed by atoms with Gasteiger partial charge in [-0.05, 0) is 12.5 Å². The number of pyridine rings is 1. The summed E-state index contributed by atoms with van der Waals surface area (Å²) in [6.07, 6.45) is 2.81. The van der Waals surface area contributed by atoms with Crippen molar-refractivity contribution in [1.82, 2.24) is 9.97 Å². The van der Waals surface area contributed by atoms with Gasteiger partial charge < -0.3 is 15.3 Å². The smallest absolute Gasteiger partial charge is 0.168 e. The van der Waals surface area contributed by atoms with E-state index in [4.69, 9.17) is 15.3 Å². The molecule has 0 spiro atoms. The van der Waals surface area contributed by atoms with Crippen LogP contribution in [0.3, 0.4) is 0 Å². The highest BCUT2D eigenvalue weighted by Crippen LogP contribution is 2.32. The van der Waals surface area contributed by atoms with E-state index < -0.39 is 0 Å². The molecule has 0 radical (unpaired) electrons. The summed E-state index contributed by atoms with van der Waals surface area (Å²) in [6, 6.07) is 7.93. The lowest BCUT2D eigenvalue weighted by Crippen LogP contribution is -2.00. The van der Waals surface area contributed by atoms with E-state index in [1.54, 1.807) is 11.3 Å². The quantitative estimate of drug-likeness (QED) is 0.588. The van der Waals surface area contributed by atoms with E-state index in [-0.39, 0.29) is 0 Å². The maximum atomic E-state index is 6.02. The Labute approximate surface area is 136 Å². The number of nitrogens with two attached hydrogens (primary N) is 1. The topological polar surface area (TPSA) is 82.6 Å². The van der Waals surface area contributed by atoms with Gasteiger partial charge in [-0.15, -0.1) is 11.3 Å². The minimum absolute atomic E-state index is 0.331. The molecule has 1 fully saturated rings. The second-order valence-corrected chi connectivity index (χ2v) is 6.53. The molecule has 2 aromatic heterocycles. The van der Waals surface area contributed by atoms with Crippen LogP contribution in [0.1, 0.15) is 11.4 Å². The standard InChI is InChI=1S/C16H16N4O2S/c17-16-14-15(11-3-1-2-4-12(11)19-16)23-13(20-14)9-22-18-7-10-5-6-21-8-10/h1-4,7,10H,5-6,8-9H2,(H2,17,19)/b18-7+. The number of rotatable bonds is 4. The van der Waals surface area contributed by atoms with Gasteiger partial charge in [0, 0.05) is 24.1 Å². The number of ether oxygens (including phenoxy) is 1. The van der Waals surface area contributed by atoms with Gasteiger partial charge in [0.1, 0.15) is 10.5 Å². The van der Waals surface area contributed by atoms with Crippen LogP contribution < -0.4 is 5.73 Å². The molecule has 23 heavy (non-hydrogen) atoms. The van der Waals surface area contributed by atoms with Crippen LogP contribution in [0.25, 0.3) is 21.1 Å². The molecule has 1 atom stereocenters. The Morgan fingerprint density at radius 1 is 1.39 bits per heavy atom. The third-order valence-electron chi connectivity index (χ3n) is 3.80. The lowest BCUT2D eigenvalue weighted by atomic mass is 10.1. The average molecular weight is 328 g/mol. The highest BCUT2D eigenvalue weighted by Gasteiger charge is 2.14. The molecule has 3 aromatic rings. The van der Waals surface area contributed by atoms with Gasteiger partial charge in [-0.2, -0.15) is 0 Å². The number of oxime groups is 1. The summed E-state index contributed by atoms with van der Waals surface area (Å²) < 4.78 is 6.33. The summed E-state index contributed by atoms with van der Waals surface area (Å²) in [4.78, 5) is 14.3. The first-order chi connectivity index (χ1) is 11.3. The van der Waals surface area contributed by atoms with Gasteiger partial charge in [0.25, 0.3) is 0 Å². The summed E-state index contributed by atoms with van der Waals surface area (Å²) in [6.45, 7) is 1.85. The first-order valence-corrected chi connectivity index (χ1v) is 8.30. The zero-order valence-electron chi connectivity index (χ0n) is 12.4. The van der Waals surface area contributed by atoms with Crippen LogP contribution in [0.15, 0.2) is 29.4 Å². The molecule has 3 heterocycles. The fraction of sp³-hybridized carbons (Fsp3) is 0.312. The fourth-order valence-electron chi connectivity index (χ4n) is 2.62. The molecule has 4 rings (SSSR count). The molecule has 2 N–H and O–H groups in total. The number of nitrogens with zero attached hydrogens (tertiary/aromatic N) is 3. The summed E-state index contributed by atoms with van der Waals surface area (Å²) in [5.41, 5.74) is 7.64. The van der Waals surface area contributed by atoms with Gasteiger partial charge in [0.15, 0.2) is 12.4 Å². The molecule has 7 heteroatoms. The summed E-state index contributed by atoms with van der Waals surface area (Å²) >= 11 is 1.57. The highest BCUT2D eigenvalue weighted by atomic mass is 32.1. The number of benzene rings is 1. The molecule has 118 valence electrons. The maximum absolute atomic E-state index is 6.02. The minimum Gasteiger partial charge on any atom is -0.389 e. The van der Waals surface area contributed by atoms with Crippen molar-refractivity contribution in [2.45, 2.75) is 13.0 Å². The number of para-hydroxylation sites is 1. The van der Waals surface area contributed by atoms with Crippen molar-refractivity contribution in [2.75, 3.05) is 18.9 Å². The highest BCUT2D eigenvalue weighted by molar-refractivity contribution is 7.19. The van der Waals surface area contributed by atoms with E-state index in [9.17, 15) is 0 Å². The van der Waals surface area contributed by atoms with E-state index in [0.29, 0.717) is 18.3 Å². The van der Waals surface area contributed by atoms with Gasteiger partial charge in [0.05, 0.1) is 16.8 Å². The number of fused-ring (bicyclic) bond motifs is 3. The Bertz CT molecular complexity index is 871. The third-order valence-corrected chi connectivity index (χ3v) is 4.86. The van der Waals surface area contributed by atoms with Gasteiger partial charge in [-0.1, -0.05) is 23.4 Å². The van der Waals surface area contributed by atoms with Crippen molar-refractivity contribution in [2.24, 2.45) is 11.1 Å². The molecular formula is C16H16N4O2S. The Balaban J connectivity index is 1.56. The van der Waals surface area contributed by atoms with Crippen molar-refractivity contribution in [3.63, 3.8) is 0 Å². The number of anilines is 1. The van der Waals surface area contributed by atoms with Gasteiger partial charge >= 0.3 is 0 Å². The normalized spacial score (nSPS) is 18.3. The Kier molecular flexibility index (Phi) is 3.80. The van der Waals surface area contributed by atoms with Crippen LogP contribution >= 0.6 is 11.3 Å². The number of thiazole rings is 1. The Hall–Kier alpha value is -2.25. The van der Waals surface area contributed by atoms with Gasteiger partial charge in [-0.3, -0.25) is 0 Å². The van der Waals surface area contributed by atoms with Crippen molar-refractivity contribution in [3.05, 3.63) is 29.3 Å². The van der Waals surface area contributed by atoms with Crippen molar-refractivity contribution < 1.29 is 9.57 Å². The molecule has 0 saturated carbocycles. The molecular weight excluding hydrogens is 312 g/mol. The average Bonchev–Trinajstić information content (AvgIpc) is 3.22. The van der Waals surface area contributed by atoms with Crippen LogP contribution in [-0.4, -0.2) is 29.4 Å². The van der Waals surface area contributed by atoms with Crippen LogP contribution in [0.4, 0.5) is 5.82 Å². The second-order valence-electron chi connectivity index (χ2n) is 5.45. The largest absolute Gasteiger partial charge is 0.389 e. The maximum Gasteiger partial charge on any atom is 0.168 e. The molecule has 1 aliphatic rings. The van der Waals surface area contributed by atoms with Gasteiger partial charge in [-0.25, -0.2) is 9.97 Å². The summed E-state index contributed by atoms with van der Waals surface area (Å²) in [5, 5.41) is 5.92. The third kappa shape index (κ3) is 2.85. The van der Waals surface area contributed by atoms with Crippen molar-refractivity contribution >= 4 is 44.5 Å². The number of nitrogen functional groups attached to an aromatic ring is 1. The zero-order valence-corrected chi connectivity index (χ0v) is 13.3. The minimum atomic E-state index is 0.331. The van der Waals surface area contributed by atoms with Crippen LogP contribution in [0.2, 0.25) is 0 Å². The van der Waals surface area contributed by atoms with E-state index in [1.165, 1.54) is 0 Å². The fourth-order valence-corrected chi connectivity index (χ4v) is 3.63. The Morgan fingerprint density at radius 2 is 2.30 bits per heavy atom. The monoisotopic (exact) mass is 328 g/mol. The number of aromatic nitrogens is 2. The molecule has 0 aliphatic carbocycles. The van der Waals surface area contributed by atoms with E-state index in [2.05, 4.69) is 15.1 Å². The van der Waals surface area contributed by atoms with Crippen LogP contribution in [0.5, 0.6) is 0 Å². The van der Waals surface area contributed by atoms with E-state index in [0.717, 1.165) is 45.8 Å². The molecule has 0 amide bonds. The lowest BCUT2D eigenvalue weighted by Gasteiger charge is -1.99. The molecule has 6 nitrogen and oxygen atoms in total. The lowest BCUT2D eigenvalue weighted by molar-refractivity contribution is 0.130. The van der Waals surface area contributed by atoms with E-state index in [1.807, 2.05) is 30.5 Å². The summed E-state index contributed by atoms with van der Waals surface area (Å²) in [5.74, 6) is 0.807.